The molecule has 5 nitrogen and oxygen atoms in total. The number of thiophene rings is 1. The maximum absolute atomic E-state index is 12.5. The topological polar surface area (TPSA) is 43.9 Å². The summed E-state index contributed by atoms with van der Waals surface area (Å²) in [5, 5.41) is 0. The molecule has 1 aromatic heterocycles. The van der Waals surface area contributed by atoms with E-state index in [-0.39, 0.29) is 0 Å². The Morgan fingerprint density at radius 1 is 1.00 bits per heavy atom. The average Bonchev–Trinajstić information content (AvgIpc) is 3.11. The molecule has 0 bridgehead atoms. The first-order valence-corrected chi connectivity index (χ1v) is 10.3. The van der Waals surface area contributed by atoms with Crippen LogP contribution in [0.2, 0.25) is 0 Å². The predicted molar refractivity (Wildman–Crippen MR) is 88.6 cm³/mol. The molecular formula is C13H20BrN3O2S2. The van der Waals surface area contributed by atoms with E-state index in [9.17, 15) is 8.42 Å². The van der Waals surface area contributed by atoms with Crippen molar-refractivity contribution in [3.05, 3.63) is 20.8 Å². The molecule has 0 saturated carbocycles. The lowest BCUT2D eigenvalue weighted by molar-refractivity contribution is 0.177. The fourth-order valence-corrected chi connectivity index (χ4v) is 6.05. The third-order valence-electron chi connectivity index (χ3n) is 4.06. The molecule has 2 aliphatic heterocycles. The number of piperazine rings is 1. The Bertz CT molecular complexity index is 576. The zero-order valence-corrected chi connectivity index (χ0v) is 15.1. The molecule has 0 unspecified atom stereocenters. The zero-order valence-electron chi connectivity index (χ0n) is 11.9. The first-order chi connectivity index (χ1) is 10.1. The molecule has 0 amide bonds. The lowest BCUT2D eigenvalue weighted by Gasteiger charge is -2.35. The number of rotatable bonds is 4. The highest BCUT2D eigenvalue weighted by molar-refractivity contribution is 9.11. The fourth-order valence-electron chi connectivity index (χ4n) is 2.86. The van der Waals surface area contributed by atoms with Gasteiger partial charge < -0.3 is 0 Å². The molecule has 21 heavy (non-hydrogen) atoms. The van der Waals surface area contributed by atoms with Crippen molar-refractivity contribution >= 4 is 37.5 Å². The Morgan fingerprint density at radius 2 is 1.62 bits per heavy atom. The van der Waals surface area contributed by atoms with Gasteiger partial charge in [0.25, 0.3) is 10.2 Å². The third-order valence-corrected chi connectivity index (χ3v) is 7.70. The van der Waals surface area contributed by atoms with Crippen LogP contribution in [0.4, 0.5) is 0 Å². The third kappa shape index (κ3) is 3.68. The van der Waals surface area contributed by atoms with Gasteiger partial charge in [0, 0.05) is 50.7 Å². The van der Waals surface area contributed by atoms with Crippen molar-refractivity contribution in [1.82, 2.24) is 13.5 Å². The molecule has 8 heteroatoms. The minimum atomic E-state index is -3.22. The molecular weight excluding hydrogens is 374 g/mol. The van der Waals surface area contributed by atoms with Crippen molar-refractivity contribution in [1.29, 1.82) is 0 Å². The van der Waals surface area contributed by atoms with Crippen LogP contribution in [0.25, 0.3) is 0 Å². The van der Waals surface area contributed by atoms with E-state index in [1.165, 1.54) is 4.88 Å². The summed E-state index contributed by atoms with van der Waals surface area (Å²) in [7, 11) is -3.22. The zero-order chi connectivity index (χ0) is 14.9. The highest BCUT2D eigenvalue weighted by Crippen LogP contribution is 2.24. The summed E-state index contributed by atoms with van der Waals surface area (Å²) in [6.07, 6.45) is 1.99. The summed E-state index contributed by atoms with van der Waals surface area (Å²) in [4.78, 5) is 3.64. The maximum atomic E-state index is 12.5. The normalized spacial score (nSPS) is 22.9. The Balaban J connectivity index is 1.55. The monoisotopic (exact) mass is 393 g/mol. The van der Waals surface area contributed by atoms with E-state index < -0.39 is 10.2 Å². The second-order valence-corrected chi connectivity index (χ2v) is 9.97. The molecule has 1 aromatic rings. The van der Waals surface area contributed by atoms with Crippen LogP contribution in [0.3, 0.4) is 0 Å². The van der Waals surface area contributed by atoms with Gasteiger partial charge in [0.15, 0.2) is 0 Å². The standard InChI is InChI=1S/C13H20BrN3O2S2/c14-13-4-3-12(20-13)11-15-7-9-17(10-8-15)21(18,19)16-5-1-2-6-16/h3-4H,1-2,5-11H2. The molecule has 0 radical (unpaired) electrons. The van der Waals surface area contributed by atoms with E-state index in [1.54, 1.807) is 19.9 Å². The van der Waals surface area contributed by atoms with E-state index in [0.29, 0.717) is 26.2 Å². The molecule has 0 aromatic carbocycles. The van der Waals surface area contributed by atoms with Crippen LogP contribution in [0.15, 0.2) is 15.9 Å². The van der Waals surface area contributed by atoms with Crippen LogP contribution < -0.4 is 0 Å². The summed E-state index contributed by atoms with van der Waals surface area (Å²) in [5.74, 6) is 0. The molecule has 3 heterocycles. The Kier molecular flexibility index (Phi) is 5.02. The van der Waals surface area contributed by atoms with E-state index in [2.05, 4.69) is 33.0 Å². The lowest BCUT2D eigenvalue weighted by atomic mass is 10.3. The van der Waals surface area contributed by atoms with Gasteiger partial charge in [-0.15, -0.1) is 11.3 Å². The molecule has 2 saturated heterocycles. The summed E-state index contributed by atoms with van der Waals surface area (Å²) in [6.45, 7) is 5.10. The van der Waals surface area contributed by atoms with Crippen LogP contribution >= 0.6 is 27.3 Å². The minimum absolute atomic E-state index is 0.603. The highest BCUT2D eigenvalue weighted by Gasteiger charge is 2.33. The molecule has 118 valence electrons. The van der Waals surface area contributed by atoms with Crippen molar-refractivity contribution in [3.8, 4) is 0 Å². The summed E-state index contributed by atoms with van der Waals surface area (Å²) in [6, 6.07) is 4.19. The van der Waals surface area contributed by atoms with E-state index in [1.807, 2.05) is 0 Å². The van der Waals surface area contributed by atoms with Crippen LogP contribution in [0.1, 0.15) is 17.7 Å². The number of hydrogen-bond donors (Lipinski definition) is 0. The SMILES string of the molecule is O=S(=O)(N1CCCC1)N1CCN(Cc2ccc(Br)s2)CC1. The first-order valence-electron chi connectivity index (χ1n) is 7.27. The number of halogens is 1. The van der Waals surface area contributed by atoms with Gasteiger partial charge in [-0.1, -0.05) is 0 Å². The van der Waals surface area contributed by atoms with Crippen molar-refractivity contribution in [3.63, 3.8) is 0 Å². The molecule has 0 atom stereocenters. The maximum Gasteiger partial charge on any atom is 0.282 e. The highest BCUT2D eigenvalue weighted by atomic mass is 79.9. The second kappa shape index (κ2) is 6.64. The van der Waals surface area contributed by atoms with Gasteiger partial charge in [-0.25, -0.2) is 0 Å². The average molecular weight is 394 g/mol. The Labute approximate surface area is 138 Å². The molecule has 0 aliphatic carbocycles. The smallest absolute Gasteiger partial charge is 0.282 e. The van der Waals surface area contributed by atoms with Gasteiger partial charge in [0.1, 0.15) is 0 Å². The van der Waals surface area contributed by atoms with Crippen molar-refractivity contribution in [2.75, 3.05) is 39.3 Å². The molecule has 3 rings (SSSR count). The van der Waals surface area contributed by atoms with Crippen LogP contribution in [0.5, 0.6) is 0 Å². The fraction of sp³-hybridized carbons (Fsp3) is 0.692. The summed E-state index contributed by atoms with van der Waals surface area (Å²) < 4.78 is 29.4. The van der Waals surface area contributed by atoms with E-state index in [0.717, 1.165) is 36.3 Å². The van der Waals surface area contributed by atoms with Crippen molar-refractivity contribution in [2.45, 2.75) is 19.4 Å². The van der Waals surface area contributed by atoms with Gasteiger partial charge in [0.2, 0.25) is 0 Å². The Hall–Kier alpha value is 0.01000. The minimum Gasteiger partial charge on any atom is -0.296 e. The van der Waals surface area contributed by atoms with E-state index in [4.69, 9.17) is 0 Å². The number of nitrogens with zero attached hydrogens (tertiary/aromatic N) is 3. The van der Waals surface area contributed by atoms with Crippen LogP contribution in [-0.4, -0.2) is 61.2 Å². The van der Waals surface area contributed by atoms with Gasteiger partial charge >= 0.3 is 0 Å². The van der Waals surface area contributed by atoms with Crippen molar-refractivity contribution < 1.29 is 8.42 Å². The predicted octanol–water partition coefficient (Wildman–Crippen LogP) is 1.97. The first kappa shape index (κ1) is 15.9. The van der Waals surface area contributed by atoms with Gasteiger partial charge in [-0.2, -0.15) is 17.0 Å². The van der Waals surface area contributed by atoms with Crippen LogP contribution in [0, 0.1) is 0 Å². The largest absolute Gasteiger partial charge is 0.296 e. The molecule has 2 aliphatic rings. The Morgan fingerprint density at radius 3 is 2.19 bits per heavy atom. The van der Waals surface area contributed by atoms with Crippen molar-refractivity contribution in [2.24, 2.45) is 0 Å². The quantitative estimate of drug-likeness (QED) is 0.785. The molecule has 0 N–H and O–H groups in total. The van der Waals surface area contributed by atoms with E-state index >= 15 is 0 Å². The molecule has 2 fully saturated rings. The van der Waals surface area contributed by atoms with Gasteiger partial charge in [0.05, 0.1) is 3.79 Å². The number of hydrogen-bond acceptors (Lipinski definition) is 4. The summed E-state index contributed by atoms with van der Waals surface area (Å²) >= 11 is 5.22. The lowest BCUT2D eigenvalue weighted by Crippen LogP contribution is -2.52. The second-order valence-electron chi connectivity index (χ2n) is 5.49. The molecule has 0 spiro atoms. The summed E-state index contributed by atoms with van der Waals surface area (Å²) in [5.41, 5.74) is 0. The van der Waals surface area contributed by atoms with Gasteiger partial charge in [-0.05, 0) is 40.9 Å². The van der Waals surface area contributed by atoms with Gasteiger partial charge in [-0.3, -0.25) is 4.90 Å². The van der Waals surface area contributed by atoms with Crippen LogP contribution in [-0.2, 0) is 16.8 Å².